The molecular formula is C23H24N4O7. The van der Waals surface area contributed by atoms with Gasteiger partial charge >= 0.3 is 5.97 Å². The number of nitrogens with one attached hydrogen (secondary N) is 3. The number of nitrogens with zero attached hydrogens (tertiary/aromatic N) is 1. The maximum Gasteiger partial charge on any atom is 0.328 e. The minimum absolute atomic E-state index is 0.183. The molecule has 3 amide bonds. The summed E-state index contributed by atoms with van der Waals surface area (Å²) in [6, 6.07) is 11.9. The number of esters is 1. The Labute approximate surface area is 195 Å². The van der Waals surface area contributed by atoms with E-state index in [2.05, 4.69) is 16.0 Å². The lowest BCUT2D eigenvalue weighted by Crippen LogP contribution is -2.63. The molecule has 0 spiro atoms. The number of para-hydroxylation sites is 1. The lowest BCUT2D eigenvalue weighted by atomic mass is 10.0. The lowest BCUT2D eigenvalue weighted by Gasteiger charge is -2.29. The van der Waals surface area contributed by atoms with E-state index in [0.29, 0.717) is 6.42 Å². The van der Waals surface area contributed by atoms with E-state index in [1.165, 1.54) is 18.2 Å². The van der Waals surface area contributed by atoms with Gasteiger partial charge in [-0.3, -0.25) is 24.5 Å². The summed E-state index contributed by atoms with van der Waals surface area (Å²) in [6.07, 6.45) is -0.296. The zero-order chi connectivity index (χ0) is 24.7. The fraction of sp³-hybridized carbons (Fsp3) is 0.304. The molecule has 178 valence electrons. The smallest absolute Gasteiger partial charge is 0.328 e. The molecule has 1 fully saturated rings. The number of rotatable bonds is 9. The van der Waals surface area contributed by atoms with Crippen LogP contribution in [0.1, 0.15) is 17.5 Å². The van der Waals surface area contributed by atoms with E-state index in [-0.39, 0.29) is 17.7 Å². The molecule has 1 saturated heterocycles. The Kier molecular flexibility index (Phi) is 7.91. The first-order valence-corrected chi connectivity index (χ1v) is 10.5. The Morgan fingerprint density at radius 1 is 1.03 bits per heavy atom. The van der Waals surface area contributed by atoms with E-state index in [1.54, 1.807) is 6.07 Å². The standard InChI is InChI=1S/C23H24N4O7/c1-34-23(31)18(12-15-9-5-6-10-19(15)27(32)33)24-20(28)13-17-22(30)25-16(21(29)26-17)11-14-7-3-2-4-8-14/h2-10,16-18H,11-13H2,1H3,(H,24,28)(H,25,30)(H,26,29)/t16-,17-,18+/m0/s1. The zero-order valence-electron chi connectivity index (χ0n) is 18.4. The third kappa shape index (κ3) is 6.15. The number of carbonyl (C=O) groups excluding carboxylic acids is 4. The van der Waals surface area contributed by atoms with E-state index in [4.69, 9.17) is 4.74 Å². The first-order valence-electron chi connectivity index (χ1n) is 10.5. The van der Waals surface area contributed by atoms with Crippen molar-refractivity contribution in [3.63, 3.8) is 0 Å². The monoisotopic (exact) mass is 468 g/mol. The largest absolute Gasteiger partial charge is 0.467 e. The summed E-state index contributed by atoms with van der Waals surface area (Å²) < 4.78 is 4.71. The number of ether oxygens (including phenoxy) is 1. The fourth-order valence-corrected chi connectivity index (χ4v) is 3.67. The van der Waals surface area contributed by atoms with Crippen molar-refractivity contribution >= 4 is 29.4 Å². The van der Waals surface area contributed by atoms with Crippen molar-refractivity contribution in [2.24, 2.45) is 0 Å². The molecule has 0 saturated carbocycles. The number of benzene rings is 2. The molecule has 0 bridgehead atoms. The highest BCUT2D eigenvalue weighted by atomic mass is 16.6. The fourth-order valence-electron chi connectivity index (χ4n) is 3.67. The van der Waals surface area contributed by atoms with Crippen LogP contribution in [-0.2, 0) is 36.8 Å². The van der Waals surface area contributed by atoms with Crippen LogP contribution in [0, 0.1) is 10.1 Å². The van der Waals surface area contributed by atoms with Gasteiger partial charge in [0.1, 0.15) is 18.1 Å². The predicted octanol–water partition coefficient (Wildman–Crippen LogP) is 0.411. The Balaban J connectivity index is 1.62. The molecule has 0 aromatic heterocycles. The summed E-state index contributed by atoms with van der Waals surface area (Å²) in [4.78, 5) is 60.4. The van der Waals surface area contributed by atoms with E-state index in [1.807, 2.05) is 30.3 Å². The Bertz CT molecular complexity index is 1090. The minimum atomic E-state index is -1.22. The third-order valence-electron chi connectivity index (χ3n) is 5.37. The van der Waals surface area contributed by atoms with E-state index < -0.39 is 53.2 Å². The van der Waals surface area contributed by atoms with Gasteiger partial charge in [0, 0.05) is 24.5 Å². The highest BCUT2D eigenvalue weighted by Crippen LogP contribution is 2.20. The van der Waals surface area contributed by atoms with Crippen molar-refractivity contribution in [1.29, 1.82) is 0 Å². The molecule has 1 aliphatic rings. The van der Waals surface area contributed by atoms with Gasteiger partial charge in [-0.05, 0) is 5.56 Å². The second-order valence-corrected chi connectivity index (χ2v) is 7.75. The highest BCUT2D eigenvalue weighted by molar-refractivity contribution is 5.99. The van der Waals surface area contributed by atoms with Crippen LogP contribution in [-0.4, -0.2) is 53.8 Å². The van der Waals surface area contributed by atoms with E-state index in [9.17, 15) is 29.3 Å². The molecule has 1 heterocycles. The lowest BCUT2D eigenvalue weighted by molar-refractivity contribution is -0.385. The van der Waals surface area contributed by atoms with Gasteiger partial charge in [-0.2, -0.15) is 0 Å². The van der Waals surface area contributed by atoms with Crippen molar-refractivity contribution in [3.8, 4) is 0 Å². The average Bonchev–Trinajstić information content (AvgIpc) is 2.82. The molecule has 11 nitrogen and oxygen atoms in total. The number of amides is 3. The molecular weight excluding hydrogens is 444 g/mol. The van der Waals surface area contributed by atoms with Crippen molar-refractivity contribution in [2.75, 3.05) is 7.11 Å². The molecule has 3 atom stereocenters. The molecule has 11 heteroatoms. The molecule has 2 aromatic rings. The summed E-state index contributed by atoms with van der Waals surface area (Å²) in [7, 11) is 1.13. The number of methoxy groups -OCH3 is 1. The van der Waals surface area contributed by atoms with Gasteiger partial charge < -0.3 is 20.7 Å². The Morgan fingerprint density at radius 2 is 1.65 bits per heavy atom. The molecule has 0 aliphatic carbocycles. The maximum atomic E-state index is 12.6. The second kappa shape index (κ2) is 11.0. The quantitative estimate of drug-likeness (QED) is 0.273. The zero-order valence-corrected chi connectivity index (χ0v) is 18.4. The van der Waals surface area contributed by atoms with Gasteiger partial charge in [0.05, 0.1) is 18.5 Å². The van der Waals surface area contributed by atoms with Gasteiger partial charge in [0.15, 0.2) is 0 Å². The first kappa shape index (κ1) is 24.4. The van der Waals surface area contributed by atoms with Gasteiger partial charge in [-0.25, -0.2) is 4.79 Å². The molecule has 3 N–H and O–H groups in total. The molecule has 3 rings (SSSR count). The van der Waals surface area contributed by atoms with Crippen molar-refractivity contribution in [1.82, 2.24) is 16.0 Å². The van der Waals surface area contributed by atoms with Crippen LogP contribution in [0.5, 0.6) is 0 Å². The van der Waals surface area contributed by atoms with Crippen LogP contribution in [0.3, 0.4) is 0 Å². The maximum absolute atomic E-state index is 12.6. The van der Waals surface area contributed by atoms with Crippen LogP contribution < -0.4 is 16.0 Å². The van der Waals surface area contributed by atoms with E-state index in [0.717, 1.165) is 12.7 Å². The van der Waals surface area contributed by atoms with Gasteiger partial charge in [-0.1, -0.05) is 48.5 Å². The average molecular weight is 468 g/mol. The minimum Gasteiger partial charge on any atom is -0.467 e. The van der Waals surface area contributed by atoms with Gasteiger partial charge in [-0.15, -0.1) is 0 Å². The molecule has 34 heavy (non-hydrogen) atoms. The Hall–Kier alpha value is -4.28. The number of hydrogen-bond donors (Lipinski definition) is 3. The van der Waals surface area contributed by atoms with Crippen LogP contribution in [0.4, 0.5) is 5.69 Å². The molecule has 2 aromatic carbocycles. The summed E-state index contributed by atoms with van der Waals surface area (Å²) in [6.45, 7) is 0. The van der Waals surface area contributed by atoms with Gasteiger partial charge in [0.25, 0.3) is 5.69 Å². The number of carbonyl (C=O) groups is 4. The molecule has 0 radical (unpaired) electrons. The van der Waals surface area contributed by atoms with Crippen LogP contribution in [0.25, 0.3) is 0 Å². The summed E-state index contributed by atoms with van der Waals surface area (Å²) >= 11 is 0. The SMILES string of the molecule is COC(=O)[C@@H](Cc1ccccc1[N+](=O)[O-])NC(=O)C[C@@H]1NC(=O)[C@H](Cc2ccccc2)NC1=O. The normalized spacial score (nSPS) is 18.3. The number of piperazine rings is 1. The summed E-state index contributed by atoms with van der Waals surface area (Å²) in [5.74, 6) is -2.45. The number of hydrogen-bond acceptors (Lipinski definition) is 7. The number of nitro groups is 1. The van der Waals surface area contributed by atoms with Crippen LogP contribution >= 0.6 is 0 Å². The predicted molar refractivity (Wildman–Crippen MR) is 119 cm³/mol. The Morgan fingerprint density at radius 3 is 2.32 bits per heavy atom. The second-order valence-electron chi connectivity index (χ2n) is 7.75. The van der Waals surface area contributed by atoms with Crippen molar-refractivity contribution < 1.29 is 28.8 Å². The van der Waals surface area contributed by atoms with Crippen LogP contribution in [0.15, 0.2) is 54.6 Å². The van der Waals surface area contributed by atoms with Crippen molar-refractivity contribution in [3.05, 3.63) is 75.8 Å². The van der Waals surface area contributed by atoms with Crippen LogP contribution in [0.2, 0.25) is 0 Å². The summed E-state index contributed by atoms with van der Waals surface area (Å²) in [5.41, 5.74) is 0.903. The van der Waals surface area contributed by atoms with Gasteiger partial charge in [0.2, 0.25) is 17.7 Å². The molecule has 0 unspecified atom stereocenters. The van der Waals surface area contributed by atoms with E-state index >= 15 is 0 Å². The third-order valence-corrected chi connectivity index (χ3v) is 5.37. The van der Waals surface area contributed by atoms with Crippen molar-refractivity contribution in [2.45, 2.75) is 37.4 Å². The summed E-state index contributed by atoms with van der Waals surface area (Å²) in [5, 5.41) is 18.9. The first-order chi connectivity index (χ1) is 16.3. The highest BCUT2D eigenvalue weighted by Gasteiger charge is 2.35. The molecule has 1 aliphatic heterocycles. The number of nitro benzene ring substituents is 1. The topological polar surface area (TPSA) is 157 Å².